The lowest BCUT2D eigenvalue weighted by molar-refractivity contribution is 0.0894. The molecule has 0 saturated carbocycles. The van der Waals surface area contributed by atoms with E-state index in [1.54, 1.807) is 72.8 Å². The second kappa shape index (κ2) is 6.57. The minimum Gasteiger partial charge on any atom is -0.508 e. The zero-order valence-electron chi connectivity index (χ0n) is 14.3. The quantitative estimate of drug-likeness (QED) is 0.404. The maximum absolute atomic E-state index is 12.5. The number of phenolic OH excluding ortho intramolecular Hbond substituents is 2. The third kappa shape index (κ3) is 3.37. The second-order valence-corrected chi connectivity index (χ2v) is 6.52. The van der Waals surface area contributed by atoms with E-state index in [-0.39, 0.29) is 29.5 Å². The summed E-state index contributed by atoms with van der Waals surface area (Å²) in [7, 11) is 0. The Morgan fingerprint density at radius 3 is 1.37 bits per heavy atom. The Bertz CT molecular complexity index is 1110. The van der Waals surface area contributed by atoms with Crippen molar-refractivity contribution in [3.63, 3.8) is 0 Å². The fraction of sp³-hybridized carbons (Fsp3) is 0.0435. The lowest BCUT2D eigenvalue weighted by atomic mass is 9.97. The van der Waals surface area contributed by atoms with E-state index in [4.69, 9.17) is 0 Å². The van der Waals surface area contributed by atoms with E-state index in [0.717, 1.165) is 21.5 Å². The molecule has 2 N–H and O–H groups in total. The Hall–Kier alpha value is -3.66. The van der Waals surface area contributed by atoms with Gasteiger partial charge in [0.1, 0.15) is 11.5 Å². The van der Waals surface area contributed by atoms with Crippen LogP contribution < -0.4 is 0 Å². The van der Waals surface area contributed by atoms with Crippen LogP contribution in [0.2, 0.25) is 0 Å². The first-order valence-electron chi connectivity index (χ1n) is 8.51. The van der Waals surface area contributed by atoms with Crippen molar-refractivity contribution in [3.05, 3.63) is 83.9 Å². The van der Waals surface area contributed by atoms with E-state index < -0.39 is 0 Å². The fourth-order valence-corrected chi connectivity index (χ4v) is 3.16. The Morgan fingerprint density at radius 2 is 0.926 bits per heavy atom. The van der Waals surface area contributed by atoms with E-state index in [2.05, 4.69) is 0 Å². The van der Waals surface area contributed by atoms with Gasteiger partial charge in [0.2, 0.25) is 0 Å². The van der Waals surface area contributed by atoms with Gasteiger partial charge in [-0.3, -0.25) is 9.59 Å². The Balaban J connectivity index is 1.58. The van der Waals surface area contributed by atoms with E-state index in [9.17, 15) is 19.8 Å². The lowest BCUT2D eigenvalue weighted by Crippen LogP contribution is -2.08. The van der Waals surface area contributed by atoms with Gasteiger partial charge in [0.05, 0.1) is 6.42 Å². The van der Waals surface area contributed by atoms with Crippen molar-refractivity contribution in [2.24, 2.45) is 0 Å². The van der Waals surface area contributed by atoms with Crippen LogP contribution >= 0.6 is 0 Å². The largest absolute Gasteiger partial charge is 0.508 e. The molecular formula is C23H16O4. The zero-order valence-corrected chi connectivity index (χ0v) is 14.3. The molecule has 0 fully saturated rings. The summed E-state index contributed by atoms with van der Waals surface area (Å²) in [6.45, 7) is 0. The number of aromatic hydroxyl groups is 2. The minimum absolute atomic E-state index is 0.168. The smallest absolute Gasteiger partial charge is 0.170 e. The highest BCUT2D eigenvalue weighted by Crippen LogP contribution is 2.24. The maximum atomic E-state index is 12.5. The third-order valence-corrected chi connectivity index (χ3v) is 4.61. The highest BCUT2D eigenvalue weighted by molar-refractivity contribution is 6.15. The van der Waals surface area contributed by atoms with Crippen molar-refractivity contribution in [3.8, 4) is 11.5 Å². The summed E-state index contributed by atoms with van der Waals surface area (Å²) in [5, 5.41) is 22.4. The molecule has 0 amide bonds. The van der Waals surface area contributed by atoms with E-state index in [1.807, 2.05) is 0 Å². The molecule has 0 saturated heterocycles. The van der Waals surface area contributed by atoms with Gasteiger partial charge in [-0.25, -0.2) is 0 Å². The van der Waals surface area contributed by atoms with E-state index in [1.165, 1.54) is 0 Å². The molecule has 132 valence electrons. The normalized spacial score (nSPS) is 11.0. The number of hydrogen-bond acceptors (Lipinski definition) is 4. The molecule has 0 atom stereocenters. The molecule has 27 heavy (non-hydrogen) atoms. The number of fused-ring (bicyclic) bond motifs is 2. The van der Waals surface area contributed by atoms with Crippen molar-refractivity contribution >= 4 is 33.1 Å². The first-order valence-corrected chi connectivity index (χ1v) is 8.51. The van der Waals surface area contributed by atoms with Crippen LogP contribution in [0.25, 0.3) is 21.5 Å². The van der Waals surface area contributed by atoms with Crippen LogP contribution in [0, 0.1) is 0 Å². The monoisotopic (exact) mass is 356 g/mol. The van der Waals surface area contributed by atoms with Crippen molar-refractivity contribution in [2.45, 2.75) is 6.42 Å². The van der Waals surface area contributed by atoms with Gasteiger partial charge in [0, 0.05) is 11.1 Å². The molecule has 0 aliphatic rings. The number of rotatable bonds is 4. The summed E-state index contributed by atoms with van der Waals surface area (Å²) >= 11 is 0. The van der Waals surface area contributed by atoms with E-state index in [0.29, 0.717) is 11.1 Å². The van der Waals surface area contributed by atoms with Gasteiger partial charge >= 0.3 is 0 Å². The summed E-state index contributed by atoms with van der Waals surface area (Å²) in [5.74, 6) is -0.163. The Morgan fingerprint density at radius 1 is 0.556 bits per heavy atom. The van der Waals surface area contributed by atoms with Crippen molar-refractivity contribution < 1.29 is 19.8 Å². The minimum atomic E-state index is -0.249. The number of ketones is 2. The molecule has 0 unspecified atom stereocenters. The van der Waals surface area contributed by atoms with Gasteiger partial charge in [-0.05, 0) is 57.9 Å². The highest BCUT2D eigenvalue weighted by atomic mass is 16.3. The molecule has 0 heterocycles. The average molecular weight is 356 g/mol. The van der Waals surface area contributed by atoms with Crippen LogP contribution in [-0.2, 0) is 0 Å². The molecule has 4 aromatic carbocycles. The van der Waals surface area contributed by atoms with Crippen molar-refractivity contribution in [1.29, 1.82) is 0 Å². The van der Waals surface area contributed by atoms with Gasteiger partial charge < -0.3 is 10.2 Å². The fourth-order valence-electron chi connectivity index (χ4n) is 3.16. The van der Waals surface area contributed by atoms with Crippen LogP contribution in [0.3, 0.4) is 0 Å². The number of carbonyl (C=O) groups excluding carboxylic acids is 2. The molecular weight excluding hydrogens is 340 g/mol. The molecule has 0 aliphatic heterocycles. The third-order valence-electron chi connectivity index (χ3n) is 4.61. The number of carbonyl (C=O) groups is 2. The number of phenols is 2. The maximum Gasteiger partial charge on any atom is 0.170 e. The first-order chi connectivity index (χ1) is 13.0. The zero-order chi connectivity index (χ0) is 19.0. The molecule has 4 nitrogen and oxygen atoms in total. The number of benzene rings is 4. The Labute approximate surface area is 155 Å². The number of Topliss-reactive ketones (excluding diaryl/α,β-unsaturated/α-hetero) is 2. The second-order valence-electron chi connectivity index (χ2n) is 6.52. The van der Waals surface area contributed by atoms with Crippen molar-refractivity contribution in [2.75, 3.05) is 0 Å². The summed E-state index contributed by atoms with van der Waals surface area (Å²) in [5.41, 5.74) is 0.930. The van der Waals surface area contributed by atoms with Crippen LogP contribution in [0.5, 0.6) is 11.5 Å². The molecule has 4 rings (SSSR count). The lowest BCUT2D eigenvalue weighted by Gasteiger charge is -2.05. The number of hydrogen-bond donors (Lipinski definition) is 2. The van der Waals surface area contributed by atoms with Crippen LogP contribution in [0.4, 0.5) is 0 Å². The predicted molar refractivity (Wildman–Crippen MR) is 105 cm³/mol. The molecule has 0 bridgehead atoms. The van der Waals surface area contributed by atoms with Gasteiger partial charge in [-0.2, -0.15) is 0 Å². The van der Waals surface area contributed by atoms with Gasteiger partial charge in [-0.15, -0.1) is 0 Å². The van der Waals surface area contributed by atoms with Gasteiger partial charge in [0.15, 0.2) is 11.6 Å². The van der Waals surface area contributed by atoms with Crippen molar-refractivity contribution in [1.82, 2.24) is 0 Å². The summed E-state index contributed by atoms with van der Waals surface area (Å²) < 4.78 is 0. The first kappa shape index (κ1) is 16.8. The molecule has 0 radical (unpaired) electrons. The Kier molecular flexibility index (Phi) is 4.09. The highest BCUT2D eigenvalue weighted by Gasteiger charge is 2.15. The van der Waals surface area contributed by atoms with Crippen LogP contribution in [-0.4, -0.2) is 21.8 Å². The molecule has 0 spiro atoms. The topological polar surface area (TPSA) is 74.6 Å². The predicted octanol–water partition coefficient (Wildman–Crippen LogP) is 4.86. The summed E-state index contributed by atoms with van der Waals surface area (Å²) in [4.78, 5) is 25.1. The van der Waals surface area contributed by atoms with E-state index >= 15 is 0 Å². The summed E-state index contributed by atoms with van der Waals surface area (Å²) in [6, 6.07) is 20.2. The van der Waals surface area contributed by atoms with Gasteiger partial charge in [-0.1, -0.05) is 36.4 Å². The standard InChI is InChI=1S/C23H16O4/c24-20-7-5-14-9-18(3-1-16(14)11-20)22(26)13-23(27)19-4-2-17-12-21(25)8-6-15(17)10-19/h1-12,24-25H,13H2. The molecule has 0 aliphatic carbocycles. The molecule has 4 heteroatoms. The molecule has 0 aromatic heterocycles. The summed E-state index contributed by atoms with van der Waals surface area (Å²) in [6.07, 6.45) is -0.215. The van der Waals surface area contributed by atoms with Gasteiger partial charge in [0.25, 0.3) is 0 Å². The average Bonchev–Trinajstić information content (AvgIpc) is 2.67. The van der Waals surface area contributed by atoms with Crippen LogP contribution in [0.15, 0.2) is 72.8 Å². The SMILES string of the molecule is O=C(CC(=O)c1ccc2cc(O)ccc2c1)c1ccc2cc(O)ccc2c1. The molecule has 4 aromatic rings. The van der Waals surface area contributed by atoms with Crippen LogP contribution in [0.1, 0.15) is 27.1 Å².